The van der Waals surface area contributed by atoms with E-state index in [0.717, 1.165) is 25.7 Å². The fourth-order valence-electron chi connectivity index (χ4n) is 3.22. The number of guanidine groups is 1. The summed E-state index contributed by atoms with van der Waals surface area (Å²) in [6.45, 7) is 5.66. The first-order valence-corrected chi connectivity index (χ1v) is 8.34. The quantitative estimate of drug-likeness (QED) is 0.627. The molecule has 5 nitrogen and oxygen atoms in total. The molecular weight excluding hydrogens is 288 g/mol. The smallest absolute Gasteiger partial charge is 0.195 e. The molecular formula is C18H30N4O. The average molecular weight is 318 g/mol. The maximum Gasteiger partial charge on any atom is 0.195 e. The van der Waals surface area contributed by atoms with Crippen LogP contribution in [0.25, 0.3) is 0 Å². The zero-order chi connectivity index (χ0) is 16.8. The lowest BCUT2D eigenvalue weighted by Gasteiger charge is -2.40. The van der Waals surface area contributed by atoms with Gasteiger partial charge in [-0.2, -0.15) is 0 Å². The molecule has 23 heavy (non-hydrogen) atoms. The van der Waals surface area contributed by atoms with Gasteiger partial charge < -0.3 is 14.5 Å². The summed E-state index contributed by atoms with van der Waals surface area (Å²) in [5.41, 5.74) is 1.31. The number of morpholine rings is 1. The van der Waals surface area contributed by atoms with Gasteiger partial charge in [0.15, 0.2) is 5.96 Å². The Morgan fingerprint density at radius 3 is 2.39 bits per heavy atom. The Labute approximate surface area is 140 Å². The van der Waals surface area contributed by atoms with Crippen molar-refractivity contribution in [3.05, 3.63) is 35.9 Å². The summed E-state index contributed by atoms with van der Waals surface area (Å²) in [7, 11) is 8.09. The number of benzene rings is 1. The molecule has 0 radical (unpaired) electrons. The van der Waals surface area contributed by atoms with Crippen molar-refractivity contribution in [2.24, 2.45) is 4.99 Å². The first-order valence-electron chi connectivity index (χ1n) is 8.34. The lowest BCUT2D eigenvalue weighted by molar-refractivity contribution is -0.0657. The lowest BCUT2D eigenvalue weighted by atomic mass is 9.98. The lowest BCUT2D eigenvalue weighted by Crippen LogP contribution is -2.47. The van der Waals surface area contributed by atoms with E-state index in [0.29, 0.717) is 6.54 Å². The van der Waals surface area contributed by atoms with E-state index in [1.165, 1.54) is 5.56 Å². The maximum absolute atomic E-state index is 6.10. The van der Waals surface area contributed by atoms with Crippen LogP contribution in [-0.2, 0) is 4.74 Å². The predicted molar refractivity (Wildman–Crippen MR) is 95.8 cm³/mol. The summed E-state index contributed by atoms with van der Waals surface area (Å²) in [6.07, 6.45) is 0.0843. The molecule has 1 heterocycles. The van der Waals surface area contributed by atoms with Crippen molar-refractivity contribution in [3.8, 4) is 0 Å². The average Bonchev–Trinajstić information content (AvgIpc) is 2.54. The minimum absolute atomic E-state index is 0.0843. The van der Waals surface area contributed by atoms with Crippen LogP contribution in [-0.4, -0.2) is 81.2 Å². The van der Waals surface area contributed by atoms with E-state index in [1.54, 1.807) is 0 Å². The van der Waals surface area contributed by atoms with Gasteiger partial charge in [0, 0.05) is 34.7 Å². The van der Waals surface area contributed by atoms with Crippen LogP contribution in [0.5, 0.6) is 0 Å². The summed E-state index contributed by atoms with van der Waals surface area (Å²) in [6, 6.07) is 10.9. The molecule has 5 heteroatoms. The van der Waals surface area contributed by atoms with Crippen LogP contribution in [0.2, 0.25) is 0 Å². The molecule has 1 fully saturated rings. The van der Waals surface area contributed by atoms with Crippen molar-refractivity contribution in [3.63, 3.8) is 0 Å². The maximum atomic E-state index is 6.10. The highest BCUT2D eigenvalue weighted by molar-refractivity contribution is 5.79. The molecule has 0 aromatic heterocycles. The second-order valence-electron chi connectivity index (χ2n) is 6.32. The molecule has 1 saturated heterocycles. The van der Waals surface area contributed by atoms with E-state index in [-0.39, 0.29) is 12.1 Å². The number of hydrogen-bond acceptors (Lipinski definition) is 3. The minimum atomic E-state index is 0.0843. The van der Waals surface area contributed by atoms with Crippen LogP contribution in [0, 0.1) is 0 Å². The van der Waals surface area contributed by atoms with Gasteiger partial charge in [0.1, 0.15) is 0 Å². The zero-order valence-corrected chi connectivity index (χ0v) is 15.1. The molecule has 0 aliphatic carbocycles. The molecule has 0 spiro atoms. The summed E-state index contributed by atoms with van der Waals surface area (Å²) in [5, 5.41) is 0. The normalized spacial score (nSPS) is 21.8. The number of likely N-dealkylation sites (N-methyl/N-ethyl adjacent to an activating group) is 1. The van der Waals surface area contributed by atoms with Crippen LogP contribution < -0.4 is 0 Å². The Morgan fingerprint density at radius 1 is 1.17 bits per heavy atom. The van der Waals surface area contributed by atoms with Gasteiger partial charge in [-0.25, -0.2) is 0 Å². The van der Waals surface area contributed by atoms with Crippen LogP contribution in [0.1, 0.15) is 18.5 Å². The van der Waals surface area contributed by atoms with E-state index in [2.05, 4.69) is 42.2 Å². The second-order valence-corrected chi connectivity index (χ2v) is 6.32. The van der Waals surface area contributed by atoms with Gasteiger partial charge in [-0.05, 0) is 12.1 Å². The summed E-state index contributed by atoms with van der Waals surface area (Å²) >= 11 is 0. The summed E-state index contributed by atoms with van der Waals surface area (Å²) < 4.78 is 6.10. The molecule has 1 aliphatic rings. The topological polar surface area (TPSA) is 31.3 Å². The Morgan fingerprint density at radius 2 is 1.83 bits per heavy atom. The third-order valence-electron chi connectivity index (χ3n) is 4.22. The van der Waals surface area contributed by atoms with Crippen LogP contribution in [0.15, 0.2) is 35.3 Å². The Kier molecular flexibility index (Phi) is 6.42. The van der Waals surface area contributed by atoms with Gasteiger partial charge in [-0.1, -0.05) is 37.3 Å². The fourth-order valence-corrected chi connectivity index (χ4v) is 3.22. The third-order valence-corrected chi connectivity index (χ3v) is 4.22. The molecule has 2 atom stereocenters. The van der Waals surface area contributed by atoms with Crippen molar-refractivity contribution in [1.82, 2.24) is 14.7 Å². The van der Waals surface area contributed by atoms with Crippen LogP contribution >= 0.6 is 0 Å². The molecule has 0 saturated carbocycles. The Balaban J connectivity index is 2.22. The third kappa shape index (κ3) is 4.45. The molecule has 1 aliphatic heterocycles. The van der Waals surface area contributed by atoms with Crippen molar-refractivity contribution in [2.45, 2.75) is 19.1 Å². The molecule has 128 valence electrons. The molecule has 0 bridgehead atoms. The van der Waals surface area contributed by atoms with Gasteiger partial charge in [-0.3, -0.25) is 9.89 Å². The molecule has 0 amide bonds. The predicted octanol–water partition coefficient (Wildman–Crippen LogP) is 1.93. The Bertz CT molecular complexity index is 491. The standard InChI is InChI=1S/C18H30N4O/c1-6-22-12-13-23-16(14-19-18(20(2)3)21(4)5)17(22)15-10-8-7-9-11-15/h7-11,16-17H,6,12-14H2,1-5H3/t16-,17-/m0/s1. The van der Waals surface area contributed by atoms with E-state index in [9.17, 15) is 0 Å². The number of ether oxygens (including phenoxy) is 1. The van der Waals surface area contributed by atoms with Gasteiger partial charge in [-0.15, -0.1) is 0 Å². The highest BCUT2D eigenvalue weighted by Gasteiger charge is 2.32. The minimum Gasteiger partial charge on any atom is -0.373 e. The van der Waals surface area contributed by atoms with Crippen LogP contribution in [0.3, 0.4) is 0 Å². The highest BCUT2D eigenvalue weighted by atomic mass is 16.5. The molecule has 0 N–H and O–H groups in total. The number of aliphatic imine (C=N–C) groups is 1. The van der Waals surface area contributed by atoms with Gasteiger partial charge in [0.25, 0.3) is 0 Å². The number of rotatable bonds is 4. The van der Waals surface area contributed by atoms with Crippen molar-refractivity contribution in [2.75, 3.05) is 54.4 Å². The first kappa shape index (κ1) is 17.8. The largest absolute Gasteiger partial charge is 0.373 e. The number of nitrogens with zero attached hydrogens (tertiary/aromatic N) is 4. The molecule has 0 unspecified atom stereocenters. The van der Waals surface area contributed by atoms with Crippen LogP contribution in [0.4, 0.5) is 0 Å². The van der Waals surface area contributed by atoms with Crippen molar-refractivity contribution in [1.29, 1.82) is 0 Å². The van der Waals surface area contributed by atoms with Gasteiger partial charge in [0.2, 0.25) is 0 Å². The van der Waals surface area contributed by atoms with E-state index in [1.807, 2.05) is 38.0 Å². The molecule has 1 aromatic rings. The van der Waals surface area contributed by atoms with E-state index < -0.39 is 0 Å². The number of hydrogen-bond donors (Lipinski definition) is 0. The Hall–Kier alpha value is -1.59. The summed E-state index contributed by atoms with van der Waals surface area (Å²) in [4.78, 5) is 11.4. The SMILES string of the molecule is CCN1CCO[C@@H](CN=C(N(C)C)N(C)C)[C@@H]1c1ccccc1. The first-order chi connectivity index (χ1) is 11.0. The zero-order valence-electron chi connectivity index (χ0n) is 15.1. The molecule has 2 rings (SSSR count). The van der Waals surface area contributed by atoms with Crippen molar-refractivity contribution < 1.29 is 4.74 Å². The molecule has 1 aromatic carbocycles. The monoisotopic (exact) mass is 318 g/mol. The summed E-state index contributed by atoms with van der Waals surface area (Å²) in [5.74, 6) is 0.967. The van der Waals surface area contributed by atoms with Gasteiger partial charge in [0.05, 0.1) is 25.3 Å². The van der Waals surface area contributed by atoms with Crippen molar-refractivity contribution >= 4 is 5.96 Å². The second kappa shape index (κ2) is 8.31. The van der Waals surface area contributed by atoms with E-state index in [4.69, 9.17) is 9.73 Å². The highest BCUT2D eigenvalue weighted by Crippen LogP contribution is 2.29. The van der Waals surface area contributed by atoms with E-state index >= 15 is 0 Å². The van der Waals surface area contributed by atoms with Gasteiger partial charge >= 0.3 is 0 Å². The fraction of sp³-hybridized carbons (Fsp3) is 0.611.